The van der Waals surface area contributed by atoms with Crippen molar-refractivity contribution in [2.45, 2.75) is 32.6 Å². The Balaban J connectivity index is 2.32. The summed E-state index contributed by atoms with van der Waals surface area (Å²) in [6.07, 6.45) is 4.54. The molecule has 1 aliphatic rings. The number of amides is 1. The van der Waals surface area contributed by atoms with E-state index in [1.807, 2.05) is 11.9 Å². The molecule has 0 heterocycles. The van der Waals surface area contributed by atoms with E-state index in [-0.39, 0.29) is 5.92 Å². The molecule has 3 nitrogen and oxygen atoms in total. The van der Waals surface area contributed by atoms with Gasteiger partial charge in [-0.25, -0.2) is 0 Å². The van der Waals surface area contributed by atoms with Crippen molar-refractivity contribution in [1.29, 1.82) is 0 Å². The van der Waals surface area contributed by atoms with Crippen LogP contribution in [0.3, 0.4) is 0 Å². The lowest BCUT2D eigenvalue weighted by molar-refractivity contribution is -0.136. The summed E-state index contributed by atoms with van der Waals surface area (Å²) in [6, 6.07) is 0. The molecule has 0 saturated heterocycles. The summed E-state index contributed by atoms with van der Waals surface area (Å²) >= 11 is 0. The Morgan fingerprint density at radius 2 is 1.93 bits per heavy atom. The highest BCUT2D eigenvalue weighted by Crippen LogP contribution is 2.29. The zero-order chi connectivity index (χ0) is 11.3. The summed E-state index contributed by atoms with van der Waals surface area (Å²) in [5, 5.41) is 0. The first-order valence-electron chi connectivity index (χ1n) is 5.89. The monoisotopic (exact) mass is 213 g/mol. The van der Waals surface area contributed by atoms with Crippen LogP contribution in [0.15, 0.2) is 0 Å². The van der Waals surface area contributed by atoms with Crippen molar-refractivity contribution in [3.8, 4) is 0 Å². The van der Waals surface area contributed by atoms with Crippen molar-refractivity contribution in [2.75, 3.05) is 27.3 Å². The maximum Gasteiger partial charge on any atom is 0.225 e. The Bertz CT molecular complexity index is 198. The smallest absolute Gasteiger partial charge is 0.225 e. The first kappa shape index (κ1) is 12.5. The average molecular weight is 213 g/mol. The van der Waals surface area contributed by atoms with Gasteiger partial charge in [-0.3, -0.25) is 4.79 Å². The molecule has 0 aliphatic heterocycles. The van der Waals surface area contributed by atoms with Crippen molar-refractivity contribution in [3.05, 3.63) is 0 Å². The fourth-order valence-corrected chi connectivity index (χ4v) is 2.16. The van der Waals surface area contributed by atoms with Crippen LogP contribution in [0.1, 0.15) is 32.6 Å². The van der Waals surface area contributed by atoms with Gasteiger partial charge in [0.2, 0.25) is 5.91 Å². The Morgan fingerprint density at radius 3 is 2.47 bits per heavy atom. The summed E-state index contributed by atoms with van der Waals surface area (Å²) in [7, 11) is 3.54. The quantitative estimate of drug-likeness (QED) is 0.714. The number of methoxy groups -OCH3 is 1. The van der Waals surface area contributed by atoms with Crippen molar-refractivity contribution in [1.82, 2.24) is 4.90 Å². The van der Waals surface area contributed by atoms with Crippen LogP contribution in [-0.2, 0) is 9.53 Å². The predicted molar refractivity (Wildman–Crippen MR) is 60.6 cm³/mol. The lowest BCUT2D eigenvalue weighted by Crippen LogP contribution is -2.36. The third-order valence-electron chi connectivity index (χ3n) is 3.37. The van der Waals surface area contributed by atoms with Gasteiger partial charge in [0.15, 0.2) is 0 Å². The molecule has 0 unspecified atom stereocenters. The van der Waals surface area contributed by atoms with E-state index in [0.717, 1.165) is 18.8 Å². The maximum atomic E-state index is 12.0. The highest BCUT2D eigenvalue weighted by molar-refractivity contribution is 5.78. The number of hydrogen-bond donors (Lipinski definition) is 0. The second kappa shape index (κ2) is 6.11. The van der Waals surface area contributed by atoms with Gasteiger partial charge in [-0.15, -0.1) is 0 Å². The topological polar surface area (TPSA) is 29.5 Å². The fraction of sp³-hybridized carbons (Fsp3) is 0.917. The summed E-state index contributed by atoms with van der Waals surface area (Å²) in [5.74, 6) is 1.38. The Labute approximate surface area is 92.8 Å². The molecule has 1 saturated carbocycles. The van der Waals surface area contributed by atoms with Gasteiger partial charge in [0, 0.05) is 26.6 Å². The minimum atomic E-state index is 0.267. The number of nitrogens with zero attached hydrogens (tertiary/aromatic N) is 1. The van der Waals surface area contributed by atoms with Crippen LogP contribution in [0.2, 0.25) is 0 Å². The van der Waals surface area contributed by atoms with Gasteiger partial charge in [-0.1, -0.05) is 6.92 Å². The van der Waals surface area contributed by atoms with Gasteiger partial charge in [0.25, 0.3) is 0 Å². The first-order valence-corrected chi connectivity index (χ1v) is 5.89. The Hall–Kier alpha value is -0.570. The molecular formula is C12H23NO2. The zero-order valence-electron chi connectivity index (χ0n) is 10.2. The molecule has 1 amide bonds. The molecule has 0 atom stereocenters. The van der Waals surface area contributed by atoms with Gasteiger partial charge in [0.05, 0.1) is 6.61 Å². The molecule has 88 valence electrons. The molecule has 1 fully saturated rings. The molecule has 0 aromatic rings. The van der Waals surface area contributed by atoms with E-state index in [9.17, 15) is 4.79 Å². The summed E-state index contributed by atoms with van der Waals surface area (Å²) < 4.78 is 4.97. The molecule has 3 heteroatoms. The van der Waals surface area contributed by atoms with E-state index in [1.165, 1.54) is 12.8 Å². The fourth-order valence-electron chi connectivity index (χ4n) is 2.16. The SMILES string of the molecule is COCCN(C)C(=O)C1CCC(C)CC1. The molecule has 0 aromatic carbocycles. The Kier molecular flexibility index (Phi) is 5.09. The molecule has 0 spiro atoms. The van der Waals surface area contributed by atoms with Crippen LogP contribution < -0.4 is 0 Å². The molecule has 1 rings (SSSR count). The molecule has 0 aromatic heterocycles. The number of carbonyl (C=O) groups is 1. The van der Waals surface area contributed by atoms with Crippen molar-refractivity contribution >= 4 is 5.91 Å². The van der Waals surface area contributed by atoms with E-state index in [4.69, 9.17) is 4.74 Å². The normalized spacial score (nSPS) is 26.3. The van der Waals surface area contributed by atoms with E-state index in [0.29, 0.717) is 19.1 Å². The highest BCUT2D eigenvalue weighted by Gasteiger charge is 2.26. The third kappa shape index (κ3) is 3.82. The molecule has 1 aliphatic carbocycles. The first-order chi connectivity index (χ1) is 7.15. The molecule has 0 N–H and O–H groups in total. The summed E-state index contributed by atoms with van der Waals surface area (Å²) in [6.45, 7) is 3.61. The van der Waals surface area contributed by atoms with Gasteiger partial charge >= 0.3 is 0 Å². The number of carbonyl (C=O) groups excluding carboxylic acids is 1. The van der Waals surface area contributed by atoms with Crippen LogP contribution in [-0.4, -0.2) is 38.1 Å². The van der Waals surface area contributed by atoms with E-state index >= 15 is 0 Å². The number of rotatable bonds is 4. The average Bonchev–Trinajstić information content (AvgIpc) is 2.26. The van der Waals surface area contributed by atoms with Gasteiger partial charge < -0.3 is 9.64 Å². The molecule has 0 radical (unpaired) electrons. The lowest BCUT2D eigenvalue weighted by Gasteiger charge is -2.28. The molecule has 0 bridgehead atoms. The number of ether oxygens (including phenoxy) is 1. The van der Waals surface area contributed by atoms with Crippen LogP contribution >= 0.6 is 0 Å². The minimum absolute atomic E-state index is 0.267. The van der Waals surface area contributed by atoms with Gasteiger partial charge in [0.1, 0.15) is 0 Å². The zero-order valence-corrected chi connectivity index (χ0v) is 10.2. The van der Waals surface area contributed by atoms with Crippen LogP contribution in [0.25, 0.3) is 0 Å². The van der Waals surface area contributed by atoms with E-state index in [1.54, 1.807) is 7.11 Å². The second-order valence-corrected chi connectivity index (χ2v) is 4.71. The van der Waals surface area contributed by atoms with Gasteiger partial charge in [-0.2, -0.15) is 0 Å². The standard InChI is InChI=1S/C12H23NO2/c1-10-4-6-11(7-5-10)12(14)13(2)8-9-15-3/h10-11H,4-9H2,1-3H3. The maximum absolute atomic E-state index is 12.0. The minimum Gasteiger partial charge on any atom is -0.383 e. The van der Waals surface area contributed by atoms with E-state index in [2.05, 4.69) is 6.92 Å². The van der Waals surface area contributed by atoms with Crippen molar-refractivity contribution < 1.29 is 9.53 Å². The van der Waals surface area contributed by atoms with Crippen LogP contribution in [0.5, 0.6) is 0 Å². The predicted octanol–water partition coefficient (Wildman–Crippen LogP) is 1.92. The van der Waals surface area contributed by atoms with Crippen molar-refractivity contribution in [2.24, 2.45) is 11.8 Å². The van der Waals surface area contributed by atoms with E-state index < -0.39 is 0 Å². The van der Waals surface area contributed by atoms with Crippen LogP contribution in [0.4, 0.5) is 0 Å². The second-order valence-electron chi connectivity index (χ2n) is 4.71. The largest absolute Gasteiger partial charge is 0.383 e. The summed E-state index contributed by atoms with van der Waals surface area (Å²) in [4.78, 5) is 13.8. The third-order valence-corrected chi connectivity index (χ3v) is 3.37. The Morgan fingerprint density at radius 1 is 1.33 bits per heavy atom. The number of likely N-dealkylation sites (N-methyl/N-ethyl adjacent to an activating group) is 1. The van der Waals surface area contributed by atoms with Gasteiger partial charge in [-0.05, 0) is 31.6 Å². The lowest BCUT2D eigenvalue weighted by atomic mass is 9.82. The highest BCUT2D eigenvalue weighted by atomic mass is 16.5. The summed E-state index contributed by atoms with van der Waals surface area (Å²) in [5.41, 5.74) is 0. The van der Waals surface area contributed by atoms with Crippen molar-refractivity contribution in [3.63, 3.8) is 0 Å². The number of hydrogen-bond acceptors (Lipinski definition) is 2. The van der Waals surface area contributed by atoms with Crippen LogP contribution in [0, 0.1) is 11.8 Å². The molecular weight excluding hydrogens is 190 g/mol. The molecule has 15 heavy (non-hydrogen) atoms.